The molecule has 1 aromatic rings. The first-order valence-corrected chi connectivity index (χ1v) is 8.99. The fourth-order valence-electron chi connectivity index (χ4n) is 2.76. The summed E-state index contributed by atoms with van der Waals surface area (Å²) in [6.07, 6.45) is 14.0. The second-order valence-electron chi connectivity index (χ2n) is 6.18. The summed E-state index contributed by atoms with van der Waals surface area (Å²) in [5.41, 5.74) is 5.10. The van der Waals surface area contributed by atoms with Gasteiger partial charge in [0.25, 0.3) is 0 Å². The van der Waals surface area contributed by atoms with Crippen LogP contribution in [0.1, 0.15) is 62.6 Å². The molecule has 2 rings (SSSR count). The fraction of sp³-hybridized carbons (Fsp3) is 0.556. The molecule has 1 aliphatic rings. The van der Waals surface area contributed by atoms with Gasteiger partial charge in [0.1, 0.15) is 0 Å². The van der Waals surface area contributed by atoms with Crippen molar-refractivity contribution in [3.05, 3.63) is 29.5 Å². The number of fused-ring (bicyclic) bond motifs is 1. The van der Waals surface area contributed by atoms with Crippen molar-refractivity contribution in [1.82, 2.24) is 10.2 Å². The average molecular weight is 364 g/mol. The van der Waals surface area contributed by atoms with E-state index in [1.54, 1.807) is 0 Å². The Kier molecular flexibility index (Phi) is 10.6. The molecule has 0 saturated heterocycles. The van der Waals surface area contributed by atoms with E-state index in [0.717, 1.165) is 12.8 Å². The SMILES string of the molecule is NNc1cc2c(nn1)CCCCCCCCCC2.O=C(O)/C=C/C(=O)O. The molecule has 0 amide bonds. The van der Waals surface area contributed by atoms with Gasteiger partial charge in [0.05, 0.1) is 5.69 Å². The van der Waals surface area contributed by atoms with Crippen LogP contribution in [0.2, 0.25) is 0 Å². The lowest BCUT2D eigenvalue weighted by atomic mass is 9.99. The van der Waals surface area contributed by atoms with Gasteiger partial charge in [-0.25, -0.2) is 15.4 Å². The van der Waals surface area contributed by atoms with Crippen LogP contribution in [-0.4, -0.2) is 32.3 Å². The number of hydrogen-bond donors (Lipinski definition) is 4. The van der Waals surface area contributed by atoms with Crippen molar-refractivity contribution in [3.8, 4) is 0 Å². The molecule has 0 fully saturated rings. The van der Waals surface area contributed by atoms with Crippen LogP contribution in [0.25, 0.3) is 0 Å². The van der Waals surface area contributed by atoms with Crippen LogP contribution in [0.4, 0.5) is 5.82 Å². The number of hydrazine groups is 1. The molecule has 1 aliphatic carbocycles. The van der Waals surface area contributed by atoms with Crippen molar-refractivity contribution in [1.29, 1.82) is 0 Å². The Labute approximate surface area is 153 Å². The molecule has 8 heteroatoms. The summed E-state index contributed by atoms with van der Waals surface area (Å²) >= 11 is 0. The van der Waals surface area contributed by atoms with Crippen molar-refractivity contribution in [2.24, 2.45) is 5.84 Å². The molecule has 0 unspecified atom stereocenters. The number of aryl methyl sites for hydroxylation is 2. The van der Waals surface area contributed by atoms with Crippen LogP contribution in [0.5, 0.6) is 0 Å². The van der Waals surface area contributed by atoms with E-state index in [1.807, 2.05) is 0 Å². The molecule has 26 heavy (non-hydrogen) atoms. The number of aliphatic carboxylic acids is 2. The lowest BCUT2D eigenvalue weighted by Crippen LogP contribution is -2.11. The molecular formula is C18H28N4O4. The van der Waals surface area contributed by atoms with Crippen LogP contribution in [0.15, 0.2) is 18.2 Å². The number of carboxylic acids is 2. The van der Waals surface area contributed by atoms with Gasteiger partial charge in [-0.1, -0.05) is 38.5 Å². The number of nitrogen functional groups attached to an aromatic ring is 1. The third kappa shape index (κ3) is 9.73. The molecule has 0 bridgehead atoms. The van der Waals surface area contributed by atoms with Crippen molar-refractivity contribution in [2.45, 2.75) is 64.2 Å². The largest absolute Gasteiger partial charge is 0.478 e. The first-order chi connectivity index (χ1) is 12.5. The van der Waals surface area contributed by atoms with Gasteiger partial charge < -0.3 is 15.6 Å². The molecule has 5 N–H and O–H groups in total. The molecule has 0 atom stereocenters. The summed E-state index contributed by atoms with van der Waals surface area (Å²) in [6.45, 7) is 0. The van der Waals surface area contributed by atoms with E-state index in [-0.39, 0.29) is 0 Å². The summed E-state index contributed by atoms with van der Waals surface area (Å²) in [4.78, 5) is 19.1. The number of hydrogen-bond acceptors (Lipinski definition) is 6. The van der Waals surface area contributed by atoms with Gasteiger partial charge in [-0.3, -0.25) is 0 Å². The maximum absolute atomic E-state index is 9.55. The van der Waals surface area contributed by atoms with Crippen molar-refractivity contribution >= 4 is 17.8 Å². The van der Waals surface area contributed by atoms with Crippen LogP contribution in [0, 0.1) is 0 Å². The van der Waals surface area contributed by atoms with E-state index in [9.17, 15) is 9.59 Å². The zero-order chi connectivity index (χ0) is 19.2. The topological polar surface area (TPSA) is 138 Å². The maximum Gasteiger partial charge on any atom is 0.328 e. The highest BCUT2D eigenvalue weighted by molar-refractivity contribution is 5.89. The number of carboxylic acid groups (broad SMARTS) is 2. The summed E-state index contributed by atoms with van der Waals surface area (Å²) in [6, 6.07) is 2.06. The number of anilines is 1. The van der Waals surface area contributed by atoms with Crippen LogP contribution in [-0.2, 0) is 22.4 Å². The fourth-order valence-corrected chi connectivity index (χ4v) is 2.76. The number of nitrogens with one attached hydrogen (secondary N) is 1. The second kappa shape index (κ2) is 12.8. The van der Waals surface area contributed by atoms with Gasteiger partial charge in [0.2, 0.25) is 0 Å². The minimum absolute atomic E-state index is 0.558. The summed E-state index contributed by atoms with van der Waals surface area (Å²) in [7, 11) is 0. The third-order valence-electron chi connectivity index (χ3n) is 4.09. The van der Waals surface area contributed by atoms with Gasteiger partial charge in [-0.2, -0.15) is 5.10 Å². The summed E-state index contributed by atoms with van der Waals surface area (Å²) in [5, 5.41) is 24.0. The predicted octanol–water partition coefficient (Wildman–Crippen LogP) is 2.69. The minimum Gasteiger partial charge on any atom is -0.478 e. The monoisotopic (exact) mass is 364 g/mol. The van der Waals surface area contributed by atoms with Crippen LogP contribution < -0.4 is 11.3 Å². The Bertz CT molecular complexity index is 589. The number of nitrogens with two attached hydrogens (primary N) is 1. The number of rotatable bonds is 3. The van der Waals surface area contributed by atoms with E-state index in [1.165, 1.54) is 62.6 Å². The molecule has 8 nitrogen and oxygen atoms in total. The van der Waals surface area contributed by atoms with Gasteiger partial charge in [-0.15, -0.1) is 5.10 Å². The first-order valence-electron chi connectivity index (χ1n) is 8.99. The average Bonchev–Trinajstić information content (AvgIpc) is 2.61. The summed E-state index contributed by atoms with van der Waals surface area (Å²) in [5.74, 6) is 3.57. The van der Waals surface area contributed by atoms with Crippen LogP contribution in [0.3, 0.4) is 0 Å². The highest BCUT2D eigenvalue weighted by Crippen LogP contribution is 2.18. The third-order valence-corrected chi connectivity index (χ3v) is 4.09. The number of aromatic nitrogens is 2. The Morgan fingerprint density at radius 1 is 0.885 bits per heavy atom. The van der Waals surface area contributed by atoms with Gasteiger partial charge in [0.15, 0.2) is 5.82 Å². The second-order valence-corrected chi connectivity index (χ2v) is 6.18. The van der Waals surface area contributed by atoms with Crippen molar-refractivity contribution in [3.63, 3.8) is 0 Å². The van der Waals surface area contributed by atoms with E-state index in [0.29, 0.717) is 18.0 Å². The molecule has 0 spiro atoms. The Morgan fingerprint density at radius 3 is 1.88 bits per heavy atom. The van der Waals surface area contributed by atoms with E-state index < -0.39 is 11.9 Å². The number of nitrogens with zero attached hydrogens (tertiary/aromatic N) is 2. The standard InChI is InChI=1S/C14H24N4.C4H4O4/c15-16-14-11-12-9-7-5-3-1-2-4-6-8-10-13(12)17-18-14;5-3(6)1-2-4(7)8/h11H,1-10,15H2,(H,16,18);1-2H,(H,5,6)(H,7,8)/b;2-1+. The van der Waals surface area contributed by atoms with E-state index in [2.05, 4.69) is 21.7 Å². The molecule has 1 heterocycles. The van der Waals surface area contributed by atoms with Crippen LogP contribution >= 0.6 is 0 Å². The quantitative estimate of drug-likeness (QED) is 0.365. The highest BCUT2D eigenvalue weighted by Gasteiger charge is 2.08. The highest BCUT2D eigenvalue weighted by atomic mass is 16.4. The normalized spacial score (nSPS) is 15.6. The smallest absolute Gasteiger partial charge is 0.328 e. The summed E-state index contributed by atoms with van der Waals surface area (Å²) < 4.78 is 0. The zero-order valence-corrected chi connectivity index (χ0v) is 15.0. The van der Waals surface area contributed by atoms with Gasteiger partial charge in [0, 0.05) is 12.2 Å². The lowest BCUT2D eigenvalue weighted by Gasteiger charge is -2.11. The predicted molar refractivity (Wildman–Crippen MR) is 98.6 cm³/mol. The lowest BCUT2D eigenvalue weighted by molar-refractivity contribution is -0.134. The molecular weight excluding hydrogens is 336 g/mol. The van der Waals surface area contributed by atoms with Crippen molar-refractivity contribution in [2.75, 3.05) is 5.43 Å². The minimum atomic E-state index is -1.26. The zero-order valence-electron chi connectivity index (χ0n) is 15.0. The molecule has 0 saturated carbocycles. The molecule has 0 radical (unpaired) electrons. The maximum atomic E-state index is 9.55. The molecule has 144 valence electrons. The Balaban J connectivity index is 0.000000359. The molecule has 1 aromatic heterocycles. The van der Waals surface area contributed by atoms with Crippen molar-refractivity contribution < 1.29 is 19.8 Å². The number of carbonyl (C=O) groups is 2. The first kappa shape index (κ1) is 21.6. The Morgan fingerprint density at radius 2 is 1.38 bits per heavy atom. The van der Waals surface area contributed by atoms with Gasteiger partial charge >= 0.3 is 11.9 Å². The Hall–Kier alpha value is -2.48. The molecule has 0 aliphatic heterocycles. The van der Waals surface area contributed by atoms with Gasteiger partial charge in [-0.05, 0) is 37.3 Å². The molecule has 0 aromatic carbocycles. The van der Waals surface area contributed by atoms with E-state index >= 15 is 0 Å². The van der Waals surface area contributed by atoms with E-state index in [4.69, 9.17) is 16.1 Å².